The lowest BCUT2D eigenvalue weighted by Gasteiger charge is -2.29. The molecule has 1 heterocycles. The van der Waals surface area contributed by atoms with E-state index in [1.165, 1.54) is 0 Å². The first-order valence-corrected chi connectivity index (χ1v) is 8.71. The number of ether oxygens (including phenoxy) is 1. The van der Waals surface area contributed by atoms with E-state index in [-0.39, 0.29) is 24.8 Å². The summed E-state index contributed by atoms with van der Waals surface area (Å²) >= 11 is 0. The molecule has 0 spiro atoms. The van der Waals surface area contributed by atoms with Gasteiger partial charge in [-0.1, -0.05) is 26.7 Å². The van der Waals surface area contributed by atoms with Crippen LogP contribution in [0.3, 0.4) is 0 Å². The lowest BCUT2D eigenvalue weighted by molar-refractivity contribution is -0.145. The summed E-state index contributed by atoms with van der Waals surface area (Å²) in [6, 6.07) is 0. The Hall–Kier alpha value is -1.14. The van der Waals surface area contributed by atoms with Crippen molar-refractivity contribution < 1.29 is 24.5 Å². The molecular weight excluding hydrogens is 298 g/mol. The average Bonchev–Trinajstić information content (AvgIpc) is 2.48. The Morgan fingerprint density at radius 2 is 1.78 bits per heavy atom. The first kappa shape index (κ1) is 19.9. The molecule has 1 fully saturated rings. The normalized spacial score (nSPS) is 17.7. The topological polar surface area (TPSA) is 95.9 Å². The number of rotatable bonds is 10. The molecule has 0 aromatic carbocycles. The van der Waals surface area contributed by atoms with Gasteiger partial charge < -0.3 is 20.3 Å². The second-order valence-electron chi connectivity index (χ2n) is 6.60. The standard InChI is InChI=1S/C17H31NO5/c1-3-7-17(22,8-4-2)11-15(19)18-12-14(16(20)21)13-5-9-23-10-6-13/h13-14,22H,3-12H2,1-2H3,(H,18,19)(H,20,21). The van der Waals surface area contributed by atoms with Crippen LogP contribution < -0.4 is 5.32 Å². The van der Waals surface area contributed by atoms with E-state index in [9.17, 15) is 19.8 Å². The largest absolute Gasteiger partial charge is 0.481 e. The monoisotopic (exact) mass is 329 g/mol. The van der Waals surface area contributed by atoms with Crippen LogP contribution in [-0.2, 0) is 14.3 Å². The van der Waals surface area contributed by atoms with Crippen LogP contribution in [0, 0.1) is 11.8 Å². The Morgan fingerprint density at radius 3 is 2.26 bits per heavy atom. The molecule has 1 atom stereocenters. The van der Waals surface area contributed by atoms with E-state index in [1.807, 2.05) is 13.8 Å². The van der Waals surface area contributed by atoms with Gasteiger partial charge in [-0.3, -0.25) is 9.59 Å². The highest BCUT2D eigenvalue weighted by molar-refractivity contribution is 5.78. The molecule has 0 aromatic rings. The highest BCUT2D eigenvalue weighted by Gasteiger charge is 2.32. The highest BCUT2D eigenvalue weighted by atomic mass is 16.5. The van der Waals surface area contributed by atoms with Crippen molar-refractivity contribution in [3.05, 3.63) is 0 Å². The smallest absolute Gasteiger partial charge is 0.308 e. The lowest BCUT2D eigenvalue weighted by Crippen LogP contribution is -2.42. The van der Waals surface area contributed by atoms with Crippen LogP contribution >= 0.6 is 0 Å². The van der Waals surface area contributed by atoms with Crippen molar-refractivity contribution in [2.45, 2.75) is 64.4 Å². The van der Waals surface area contributed by atoms with E-state index in [0.29, 0.717) is 38.9 Å². The van der Waals surface area contributed by atoms with Gasteiger partial charge in [0.15, 0.2) is 0 Å². The van der Waals surface area contributed by atoms with Gasteiger partial charge in [-0.2, -0.15) is 0 Å². The van der Waals surface area contributed by atoms with E-state index in [0.717, 1.165) is 12.8 Å². The molecule has 1 aliphatic heterocycles. The molecule has 134 valence electrons. The number of aliphatic carboxylic acids is 1. The number of carbonyl (C=O) groups is 2. The van der Waals surface area contributed by atoms with Crippen molar-refractivity contribution in [3.63, 3.8) is 0 Å². The van der Waals surface area contributed by atoms with Gasteiger partial charge >= 0.3 is 5.97 Å². The van der Waals surface area contributed by atoms with Gasteiger partial charge in [0.25, 0.3) is 0 Å². The number of hydrogen-bond donors (Lipinski definition) is 3. The van der Waals surface area contributed by atoms with Crippen LogP contribution in [0.4, 0.5) is 0 Å². The maximum absolute atomic E-state index is 12.1. The minimum Gasteiger partial charge on any atom is -0.481 e. The van der Waals surface area contributed by atoms with E-state index in [4.69, 9.17) is 4.74 Å². The predicted octanol–water partition coefficient (Wildman–Crippen LogP) is 1.95. The Labute approximate surface area is 138 Å². The third kappa shape index (κ3) is 6.87. The number of carbonyl (C=O) groups excluding carboxylic acids is 1. The highest BCUT2D eigenvalue weighted by Crippen LogP contribution is 2.25. The minimum atomic E-state index is -0.981. The van der Waals surface area contributed by atoms with Gasteiger partial charge in [0.2, 0.25) is 5.91 Å². The van der Waals surface area contributed by atoms with Gasteiger partial charge in [-0.05, 0) is 31.6 Å². The van der Waals surface area contributed by atoms with Crippen molar-refractivity contribution in [1.29, 1.82) is 0 Å². The maximum Gasteiger partial charge on any atom is 0.308 e. The van der Waals surface area contributed by atoms with Gasteiger partial charge in [-0.25, -0.2) is 0 Å². The van der Waals surface area contributed by atoms with Crippen molar-refractivity contribution in [2.75, 3.05) is 19.8 Å². The van der Waals surface area contributed by atoms with Crippen LogP contribution in [0.5, 0.6) is 0 Å². The molecule has 3 N–H and O–H groups in total. The van der Waals surface area contributed by atoms with Crippen LogP contribution in [0.15, 0.2) is 0 Å². The van der Waals surface area contributed by atoms with Crippen molar-refractivity contribution >= 4 is 11.9 Å². The Kier molecular flexibility index (Phi) is 8.55. The van der Waals surface area contributed by atoms with E-state index in [1.54, 1.807) is 0 Å². The van der Waals surface area contributed by atoms with Crippen LogP contribution in [0.2, 0.25) is 0 Å². The van der Waals surface area contributed by atoms with Crippen LogP contribution in [-0.4, -0.2) is 47.4 Å². The summed E-state index contributed by atoms with van der Waals surface area (Å²) in [7, 11) is 0. The number of carboxylic acids is 1. The van der Waals surface area contributed by atoms with Crippen LogP contribution in [0.1, 0.15) is 58.8 Å². The summed E-state index contributed by atoms with van der Waals surface area (Å²) in [6.07, 6.45) is 4.24. The fourth-order valence-electron chi connectivity index (χ4n) is 3.39. The Morgan fingerprint density at radius 1 is 1.22 bits per heavy atom. The zero-order chi connectivity index (χ0) is 17.3. The molecule has 1 rings (SSSR count). The second-order valence-corrected chi connectivity index (χ2v) is 6.60. The van der Waals surface area contributed by atoms with Gasteiger partial charge in [-0.15, -0.1) is 0 Å². The second kappa shape index (κ2) is 9.88. The molecule has 0 bridgehead atoms. The fourth-order valence-corrected chi connectivity index (χ4v) is 3.39. The number of nitrogens with one attached hydrogen (secondary N) is 1. The Balaban J connectivity index is 2.52. The van der Waals surface area contributed by atoms with Crippen molar-refractivity contribution in [1.82, 2.24) is 5.32 Å². The van der Waals surface area contributed by atoms with Crippen LogP contribution in [0.25, 0.3) is 0 Å². The third-order valence-corrected chi connectivity index (χ3v) is 4.59. The predicted molar refractivity (Wildman–Crippen MR) is 87.1 cm³/mol. The van der Waals surface area contributed by atoms with E-state index in [2.05, 4.69) is 5.32 Å². The van der Waals surface area contributed by atoms with E-state index < -0.39 is 17.5 Å². The van der Waals surface area contributed by atoms with Gasteiger partial charge in [0.05, 0.1) is 17.9 Å². The fraction of sp³-hybridized carbons (Fsp3) is 0.882. The first-order chi connectivity index (χ1) is 10.9. The molecule has 6 heteroatoms. The summed E-state index contributed by atoms with van der Waals surface area (Å²) in [6.45, 7) is 5.23. The maximum atomic E-state index is 12.1. The summed E-state index contributed by atoms with van der Waals surface area (Å²) < 4.78 is 5.26. The average molecular weight is 329 g/mol. The molecule has 6 nitrogen and oxygen atoms in total. The number of hydrogen-bond acceptors (Lipinski definition) is 4. The molecule has 23 heavy (non-hydrogen) atoms. The summed E-state index contributed by atoms with van der Waals surface area (Å²) in [5.41, 5.74) is -0.981. The van der Waals surface area contributed by atoms with Crippen molar-refractivity contribution in [3.8, 4) is 0 Å². The van der Waals surface area contributed by atoms with Gasteiger partial charge in [0, 0.05) is 19.8 Å². The zero-order valence-electron chi connectivity index (χ0n) is 14.3. The SMILES string of the molecule is CCCC(O)(CCC)CC(=O)NCC(C(=O)O)C1CCOCC1. The molecule has 1 unspecified atom stereocenters. The third-order valence-electron chi connectivity index (χ3n) is 4.59. The zero-order valence-corrected chi connectivity index (χ0v) is 14.3. The number of carboxylic acid groups (broad SMARTS) is 1. The molecule has 1 saturated heterocycles. The summed E-state index contributed by atoms with van der Waals surface area (Å²) in [5, 5.41) is 22.6. The van der Waals surface area contributed by atoms with Gasteiger partial charge in [0.1, 0.15) is 0 Å². The molecule has 1 amide bonds. The Bertz CT molecular complexity index is 373. The minimum absolute atomic E-state index is 0.0340. The van der Waals surface area contributed by atoms with Crippen molar-refractivity contribution in [2.24, 2.45) is 11.8 Å². The number of aliphatic hydroxyl groups is 1. The van der Waals surface area contributed by atoms with E-state index >= 15 is 0 Å². The molecule has 0 saturated carbocycles. The first-order valence-electron chi connectivity index (χ1n) is 8.71. The quantitative estimate of drug-likeness (QED) is 0.569. The lowest BCUT2D eigenvalue weighted by atomic mass is 9.85. The molecule has 0 aliphatic carbocycles. The summed E-state index contributed by atoms with van der Waals surface area (Å²) in [4.78, 5) is 23.6. The molecular formula is C17H31NO5. The molecule has 0 radical (unpaired) electrons. The summed E-state index contributed by atoms with van der Waals surface area (Å²) in [5.74, 6) is -1.71. The molecule has 0 aromatic heterocycles. The number of amides is 1. The molecule has 1 aliphatic rings.